The summed E-state index contributed by atoms with van der Waals surface area (Å²) in [6.07, 6.45) is 4.14. The molecule has 1 saturated carbocycles. The summed E-state index contributed by atoms with van der Waals surface area (Å²) < 4.78 is 0. The molecule has 1 fully saturated rings. The third-order valence-corrected chi connectivity index (χ3v) is 4.91. The van der Waals surface area contributed by atoms with Crippen molar-refractivity contribution in [2.24, 2.45) is 11.8 Å². The lowest BCUT2D eigenvalue weighted by Crippen LogP contribution is -2.33. The highest BCUT2D eigenvalue weighted by Gasteiger charge is 2.36. The molecule has 18 heavy (non-hydrogen) atoms. The van der Waals surface area contributed by atoms with Crippen LogP contribution in [-0.2, 0) is 5.60 Å². The predicted octanol–water partition coefficient (Wildman–Crippen LogP) is 4.34. The smallest absolute Gasteiger partial charge is 0.0899 e. The van der Waals surface area contributed by atoms with E-state index in [4.69, 9.17) is 0 Å². The Bertz CT molecular complexity index is 412. The molecule has 1 aliphatic carbocycles. The van der Waals surface area contributed by atoms with Gasteiger partial charge in [-0.05, 0) is 68.1 Å². The van der Waals surface area contributed by atoms with Crippen LogP contribution in [-0.4, -0.2) is 5.11 Å². The minimum atomic E-state index is -0.582. The van der Waals surface area contributed by atoms with E-state index < -0.39 is 5.60 Å². The highest BCUT2D eigenvalue weighted by molar-refractivity contribution is 5.37. The molecule has 0 atom stereocenters. The molecule has 0 bridgehead atoms. The van der Waals surface area contributed by atoms with Crippen LogP contribution < -0.4 is 0 Å². The van der Waals surface area contributed by atoms with Gasteiger partial charge in [0.1, 0.15) is 0 Å². The van der Waals surface area contributed by atoms with Crippen LogP contribution in [0, 0.1) is 25.7 Å². The number of hydrogen-bond donors (Lipinski definition) is 1. The lowest BCUT2D eigenvalue weighted by Gasteiger charge is -2.39. The van der Waals surface area contributed by atoms with E-state index in [1.165, 1.54) is 11.1 Å². The third kappa shape index (κ3) is 2.47. The van der Waals surface area contributed by atoms with Crippen molar-refractivity contribution in [3.05, 3.63) is 34.9 Å². The molecule has 0 unspecified atom stereocenters. The summed E-state index contributed by atoms with van der Waals surface area (Å²) in [7, 11) is 0. The second-order valence-electron chi connectivity index (χ2n) is 6.36. The van der Waals surface area contributed by atoms with Crippen molar-refractivity contribution in [1.29, 1.82) is 0 Å². The van der Waals surface area contributed by atoms with Gasteiger partial charge < -0.3 is 5.11 Å². The van der Waals surface area contributed by atoms with Gasteiger partial charge in [-0.2, -0.15) is 0 Å². The Morgan fingerprint density at radius 2 is 1.78 bits per heavy atom. The van der Waals surface area contributed by atoms with Crippen LogP contribution in [0.5, 0.6) is 0 Å². The number of hydrogen-bond acceptors (Lipinski definition) is 1. The molecule has 1 N–H and O–H groups in total. The van der Waals surface area contributed by atoms with Gasteiger partial charge in [0, 0.05) is 0 Å². The maximum Gasteiger partial charge on any atom is 0.0899 e. The quantitative estimate of drug-likeness (QED) is 0.823. The Hall–Kier alpha value is -0.820. The highest BCUT2D eigenvalue weighted by atomic mass is 16.3. The minimum absolute atomic E-state index is 0.582. The van der Waals surface area contributed by atoms with Gasteiger partial charge in [0.25, 0.3) is 0 Å². The number of rotatable bonds is 2. The van der Waals surface area contributed by atoms with E-state index in [1.54, 1.807) is 0 Å². The van der Waals surface area contributed by atoms with E-state index in [2.05, 4.69) is 45.9 Å². The van der Waals surface area contributed by atoms with Gasteiger partial charge in [-0.3, -0.25) is 0 Å². The van der Waals surface area contributed by atoms with Crippen LogP contribution in [0.4, 0.5) is 0 Å². The SMILES string of the molecule is Cc1cccc(C2(O)CCC(C(C)C)CC2)c1C. The Balaban J connectivity index is 2.21. The molecule has 1 aromatic rings. The average Bonchev–Trinajstić information content (AvgIpc) is 2.33. The van der Waals surface area contributed by atoms with Gasteiger partial charge in [-0.1, -0.05) is 32.0 Å². The summed E-state index contributed by atoms with van der Waals surface area (Å²) >= 11 is 0. The zero-order valence-corrected chi connectivity index (χ0v) is 12.2. The first-order valence-electron chi connectivity index (χ1n) is 7.23. The first-order chi connectivity index (χ1) is 8.44. The fraction of sp³-hybridized carbons (Fsp3) is 0.647. The molecule has 0 saturated heterocycles. The average molecular weight is 246 g/mol. The molecule has 0 aliphatic heterocycles. The van der Waals surface area contributed by atoms with E-state index in [9.17, 15) is 5.11 Å². The molecule has 0 aromatic heterocycles. The zero-order valence-electron chi connectivity index (χ0n) is 12.2. The number of aliphatic hydroxyl groups is 1. The van der Waals surface area contributed by atoms with E-state index in [1.807, 2.05) is 0 Å². The molecule has 2 rings (SSSR count). The van der Waals surface area contributed by atoms with Crippen LogP contribution in [0.3, 0.4) is 0 Å². The van der Waals surface area contributed by atoms with Crippen LogP contribution in [0.15, 0.2) is 18.2 Å². The summed E-state index contributed by atoms with van der Waals surface area (Å²) in [5.41, 5.74) is 3.13. The van der Waals surface area contributed by atoms with Crippen molar-refractivity contribution in [2.75, 3.05) is 0 Å². The maximum atomic E-state index is 10.9. The van der Waals surface area contributed by atoms with Crippen LogP contribution >= 0.6 is 0 Å². The molecule has 100 valence electrons. The fourth-order valence-electron chi connectivity index (χ4n) is 3.31. The van der Waals surface area contributed by atoms with Crippen molar-refractivity contribution in [3.8, 4) is 0 Å². The topological polar surface area (TPSA) is 20.2 Å². The summed E-state index contributed by atoms with van der Waals surface area (Å²) in [4.78, 5) is 0. The van der Waals surface area contributed by atoms with E-state index in [0.29, 0.717) is 0 Å². The third-order valence-electron chi connectivity index (χ3n) is 4.91. The van der Waals surface area contributed by atoms with Crippen LogP contribution in [0.25, 0.3) is 0 Å². The van der Waals surface area contributed by atoms with Crippen molar-refractivity contribution >= 4 is 0 Å². The van der Waals surface area contributed by atoms with Crippen molar-refractivity contribution in [2.45, 2.75) is 59.0 Å². The molecular formula is C17H26O. The predicted molar refractivity (Wildman–Crippen MR) is 76.6 cm³/mol. The summed E-state index contributed by atoms with van der Waals surface area (Å²) in [5.74, 6) is 1.53. The second-order valence-corrected chi connectivity index (χ2v) is 6.36. The lowest BCUT2D eigenvalue weighted by atomic mass is 9.71. The normalized spacial score (nSPS) is 28.7. The Labute approximate surface area is 111 Å². The van der Waals surface area contributed by atoms with Gasteiger partial charge in [0.05, 0.1) is 5.60 Å². The van der Waals surface area contributed by atoms with Gasteiger partial charge in [-0.15, -0.1) is 0 Å². The largest absolute Gasteiger partial charge is 0.385 e. The van der Waals surface area contributed by atoms with Crippen LogP contribution in [0.1, 0.15) is 56.2 Å². The Morgan fingerprint density at radius 1 is 1.17 bits per heavy atom. The molecule has 0 amide bonds. The highest BCUT2D eigenvalue weighted by Crippen LogP contribution is 2.42. The van der Waals surface area contributed by atoms with Crippen molar-refractivity contribution in [3.63, 3.8) is 0 Å². The molecule has 1 nitrogen and oxygen atoms in total. The van der Waals surface area contributed by atoms with Gasteiger partial charge in [-0.25, -0.2) is 0 Å². The Morgan fingerprint density at radius 3 is 2.33 bits per heavy atom. The van der Waals surface area contributed by atoms with Crippen molar-refractivity contribution < 1.29 is 5.11 Å². The summed E-state index contributed by atoms with van der Waals surface area (Å²) in [6, 6.07) is 6.31. The fourth-order valence-corrected chi connectivity index (χ4v) is 3.31. The molecule has 1 aliphatic rings. The van der Waals surface area contributed by atoms with E-state index in [0.717, 1.165) is 43.1 Å². The maximum absolute atomic E-state index is 10.9. The van der Waals surface area contributed by atoms with Crippen LogP contribution in [0.2, 0.25) is 0 Å². The number of benzene rings is 1. The van der Waals surface area contributed by atoms with Gasteiger partial charge in [0.2, 0.25) is 0 Å². The molecule has 1 aromatic carbocycles. The molecule has 1 heteroatoms. The monoisotopic (exact) mass is 246 g/mol. The number of aryl methyl sites for hydroxylation is 1. The first kappa shape index (κ1) is 13.6. The Kier molecular flexibility index (Phi) is 3.82. The minimum Gasteiger partial charge on any atom is -0.385 e. The second kappa shape index (κ2) is 5.05. The molecule has 0 heterocycles. The molecular weight excluding hydrogens is 220 g/mol. The molecule has 0 spiro atoms. The summed E-state index contributed by atoms with van der Waals surface area (Å²) in [6.45, 7) is 8.86. The standard InChI is InChI=1S/C17H26O/c1-12(2)15-8-10-17(18,11-9-15)16-7-5-6-13(3)14(16)4/h5-7,12,15,18H,8-11H2,1-4H3. The van der Waals surface area contributed by atoms with Gasteiger partial charge in [0.15, 0.2) is 0 Å². The van der Waals surface area contributed by atoms with Gasteiger partial charge >= 0.3 is 0 Å². The first-order valence-corrected chi connectivity index (χ1v) is 7.23. The van der Waals surface area contributed by atoms with E-state index in [-0.39, 0.29) is 0 Å². The zero-order chi connectivity index (χ0) is 13.3. The van der Waals surface area contributed by atoms with E-state index >= 15 is 0 Å². The van der Waals surface area contributed by atoms with Crippen molar-refractivity contribution in [1.82, 2.24) is 0 Å². The summed E-state index contributed by atoms with van der Waals surface area (Å²) in [5, 5.41) is 10.9. The lowest BCUT2D eigenvalue weighted by molar-refractivity contribution is -0.0205. The molecule has 0 radical (unpaired) electrons.